The molecule has 0 unspecified atom stereocenters. The van der Waals surface area contributed by atoms with Gasteiger partial charge in [0.25, 0.3) is 0 Å². The van der Waals surface area contributed by atoms with Crippen molar-refractivity contribution in [3.05, 3.63) is 47.1 Å². The fourth-order valence-corrected chi connectivity index (χ4v) is 18.9. The molecule has 5 atom stereocenters. The Kier molecular flexibility index (Phi) is 17.4. The minimum Gasteiger partial charge on any atom is -0.458 e. The molecule has 2 fully saturated rings. The number of carbonyl (C=O) groups is 1. The van der Waals surface area contributed by atoms with Crippen LogP contribution in [-0.2, 0) is 22.8 Å². The molecule has 0 bridgehead atoms. The highest BCUT2D eigenvalue weighted by molar-refractivity contribution is 6.74. The standard InChI is InChI=1S/C45H82O5Si3/c1-15-51(16-2,17-3)48-41-33-37(34-42(35(41)10)49-52(18-4,19-5)20-6)26-27-38-25-24-31-45(14)39(28-29-40(38)45)36(11)47-43(46)30-32-44(12,13)50-53(21-7,22-8)23-9/h26-28,36,40-42H,10,15-25,29-34H2,1-9,11-14H3/b38-27+/t36-,40-,41+,42+,45+/m0/s1. The number of esters is 1. The van der Waals surface area contributed by atoms with Crippen molar-refractivity contribution >= 4 is 30.9 Å². The predicted molar refractivity (Wildman–Crippen MR) is 234 cm³/mol. The van der Waals surface area contributed by atoms with Crippen LogP contribution in [0.4, 0.5) is 0 Å². The number of ether oxygens (including phenoxy) is 1. The molecular formula is C45H82O5Si3. The lowest BCUT2D eigenvalue weighted by molar-refractivity contribution is -0.148. The molecule has 0 N–H and O–H groups in total. The molecule has 0 aromatic carbocycles. The van der Waals surface area contributed by atoms with Gasteiger partial charge in [0.2, 0.25) is 0 Å². The molecule has 3 aliphatic rings. The second-order valence-electron chi connectivity index (χ2n) is 17.7. The molecule has 0 aliphatic heterocycles. The average molecular weight is 787 g/mol. The number of hydrogen-bond acceptors (Lipinski definition) is 5. The molecule has 0 saturated heterocycles. The highest BCUT2D eigenvalue weighted by Gasteiger charge is 2.47. The fraction of sp³-hybridized carbons (Fsp3) is 0.800. The zero-order valence-corrected chi connectivity index (χ0v) is 39.8. The Bertz CT molecular complexity index is 1240. The van der Waals surface area contributed by atoms with E-state index in [0.29, 0.717) is 18.8 Å². The molecule has 0 amide bonds. The summed E-state index contributed by atoms with van der Waals surface area (Å²) in [4.78, 5) is 13.3. The van der Waals surface area contributed by atoms with Gasteiger partial charge in [0, 0.05) is 6.42 Å². The molecule has 5 nitrogen and oxygen atoms in total. The highest BCUT2D eigenvalue weighted by Crippen LogP contribution is 2.56. The van der Waals surface area contributed by atoms with Crippen molar-refractivity contribution in [1.29, 1.82) is 0 Å². The van der Waals surface area contributed by atoms with Crippen molar-refractivity contribution in [2.75, 3.05) is 0 Å². The zero-order chi connectivity index (χ0) is 39.7. The van der Waals surface area contributed by atoms with Crippen LogP contribution in [0.2, 0.25) is 54.4 Å². The van der Waals surface area contributed by atoms with E-state index < -0.39 is 25.0 Å². The molecule has 0 aromatic rings. The Hall–Kier alpha value is -1.04. The van der Waals surface area contributed by atoms with Gasteiger partial charge in [-0.15, -0.1) is 0 Å². The highest BCUT2D eigenvalue weighted by atomic mass is 28.4. The van der Waals surface area contributed by atoms with Gasteiger partial charge in [-0.1, -0.05) is 105 Å². The van der Waals surface area contributed by atoms with E-state index in [1.54, 1.807) is 5.57 Å². The van der Waals surface area contributed by atoms with Crippen LogP contribution in [0.15, 0.2) is 47.1 Å². The van der Waals surface area contributed by atoms with Crippen LogP contribution in [0, 0.1) is 11.3 Å². The van der Waals surface area contributed by atoms with Crippen LogP contribution < -0.4 is 0 Å². The van der Waals surface area contributed by atoms with E-state index in [1.807, 2.05) is 0 Å². The van der Waals surface area contributed by atoms with Gasteiger partial charge in [-0.25, -0.2) is 0 Å². The molecule has 8 heteroatoms. The van der Waals surface area contributed by atoms with Gasteiger partial charge in [0.05, 0.1) is 17.8 Å². The van der Waals surface area contributed by atoms with E-state index in [0.717, 1.165) is 92.9 Å². The van der Waals surface area contributed by atoms with Crippen molar-refractivity contribution < 1.29 is 22.8 Å². The number of hydrogen-bond donors (Lipinski definition) is 0. The molecule has 53 heavy (non-hydrogen) atoms. The maximum Gasteiger partial charge on any atom is 0.306 e. The van der Waals surface area contributed by atoms with Crippen LogP contribution in [-0.4, -0.2) is 54.8 Å². The Labute approximate surface area is 330 Å². The summed E-state index contributed by atoms with van der Waals surface area (Å²) in [5.74, 6) is 0.343. The Morgan fingerprint density at radius 2 is 1.34 bits per heavy atom. The molecule has 3 aliphatic carbocycles. The van der Waals surface area contributed by atoms with E-state index in [1.165, 1.54) is 16.7 Å². The van der Waals surface area contributed by atoms with Crippen LogP contribution in [0.25, 0.3) is 0 Å². The summed E-state index contributed by atoms with van der Waals surface area (Å²) in [6.45, 7) is 34.2. The first kappa shape index (κ1) is 46.3. The van der Waals surface area contributed by atoms with Gasteiger partial charge in [-0.2, -0.15) is 0 Å². The van der Waals surface area contributed by atoms with Crippen molar-refractivity contribution in [2.45, 2.75) is 220 Å². The van der Waals surface area contributed by atoms with Crippen LogP contribution in [0.1, 0.15) is 141 Å². The monoisotopic (exact) mass is 787 g/mol. The van der Waals surface area contributed by atoms with Crippen molar-refractivity contribution in [1.82, 2.24) is 0 Å². The molecule has 304 valence electrons. The first-order valence-electron chi connectivity index (χ1n) is 22.1. The second kappa shape index (κ2) is 19.9. The van der Waals surface area contributed by atoms with Crippen LogP contribution in [0.5, 0.6) is 0 Å². The third kappa shape index (κ3) is 11.1. The number of carbonyl (C=O) groups excluding carboxylic acids is 1. The third-order valence-corrected chi connectivity index (χ3v) is 28.8. The maximum absolute atomic E-state index is 13.3. The minimum absolute atomic E-state index is 0.0144. The van der Waals surface area contributed by atoms with E-state index >= 15 is 0 Å². The number of fused-ring (bicyclic) bond motifs is 1. The minimum atomic E-state index is -1.83. The molecule has 0 heterocycles. The van der Waals surface area contributed by atoms with Gasteiger partial charge in [0.1, 0.15) is 6.10 Å². The summed E-state index contributed by atoms with van der Waals surface area (Å²) in [7, 11) is -5.41. The summed E-state index contributed by atoms with van der Waals surface area (Å²) < 4.78 is 27.4. The Morgan fingerprint density at radius 1 is 0.849 bits per heavy atom. The summed E-state index contributed by atoms with van der Waals surface area (Å²) >= 11 is 0. The normalized spacial score (nSPS) is 25.7. The lowest BCUT2D eigenvalue weighted by Crippen LogP contribution is -2.47. The first-order valence-corrected chi connectivity index (χ1v) is 29.6. The van der Waals surface area contributed by atoms with E-state index in [9.17, 15) is 4.79 Å². The molecule has 2 saturated carbocycles. The predicted octanol–water partition coefficient (Wildman–Crippen LogP) is 13.6. The zero-order valence-electron chi connectivity index (χ0n) is 36.8. The van der Waals surface area contributed by atoms with E-state index in [-0.39, 0.29) is 35.3 Å². The van der Waals surface area contributed by atoms with Crippen LogP contribution in [0.3, 0.4) is 0 Å². The number of allylic oxidation sites excluding steroid dienone is 4. The Balaban J connectivity index is 1.78. The van der Waals surface area contributed by atoms with Gasteiger partial charge in [0.15, 0.2) is 25.0 Å². The van der Waals surface area contributed by atoms with Crippen molar-refractivity contribution in [3.63, 3.8) is 0 Å². The summed E-state index contributed by atoms with van der Waals surface area (Å²) in [6.07, 6.45) is 14.6. The van der Waals surface area contributed by atoms with Crippen molar-refractivity contribution in [2.24, 2.45) is 11.3 Å². The molecule has 0 radical (unpaired) electrons. The van der Waals surface area contributed by atoms with Crippen molar-refractivity contribution in [3.8, 4) is 0 Å². The summed E-state index contributed by atoms with van der Waals surface area (Å²) in [5, 5.41) is 0. The molecular weight excluding hydrogens is 705 g/mol. The quantitative estimate of drug-likeness (QED) is 0.0659. The maximum atomic E-state index is 13.3. The largest absolute Gasteiger partial charge is 0.458 e. The number of rotatable bonds is 21. The van der Waals surface area contributed by atoms with Crippen LogP contribution >= 0.6 is 0 Å². The summed E-state index contributed by atoms with van der Waals surface area (Å²) in [5.41, 5.74) is 5.18. The van der Waals surface area contributed by atoms with Gasteiger partial charge in [-0.3, -0.25) is 4.79 Å². The van der Waals surface area contributed by atoms with E-state index in [4.69, 9.17) is 18.0 Å². The first-order chi connectivity index (χ1) is 25.0. The molecule has 0 spiro atoms. The van der Waals surface area contributed by atoms with Gasteiger partial charge < -0.3 is 18.0 Å². The SMILES string of the molecule is C=C1[C@H](O[Si](CC)(CC)CC)CC(=C/C=C2\CCC[C@]3(C)C([C@H](C)OC(=O)CCC(C)(C)O[Si](CC)(CC)CC)=CC[C@@H]23)C[C@H]1O[Si](CC)(CC)CC. The second-order valence-corrected chi connectivity index (χ2v) is 31.8. The molecule has 3 rings (SSSR count). The summed E-state index contributed by atoms with van der Waals surface area (Å²) in [6, 6.07) is 10.2. The fourth-order valence-electron chi connectivity index (χ4n) is 10.0. The topological polar surface area (TPSA) is 54.0 Å². The molecule has 0 aromatic heterocycles. The lowest BCUT2D eigenvalue weighted by Gasteiger charge is -2.43. The third-order valence-electron chi connectivity index (χ3n) is 14.6. The smallest absolute Gasteiger partial charge is 0.306 e. The van der Waals surface area contributed by atoms with Gasteiger partial charge in [-0.05, 0) is 143 Å². The lowest BCUT2D eigenvalue weighted by atomic mass is 9.63. The average Bonchev–Trinajstić information content (AvgIpc) is 3.52. The van der Waals surface area contributed by atoms with Gasteiger partial charge >= 0.3 is 5.97 Å². The van der Waals surface area contributed by atoms with E-state index in [2.05, 4.69) is 115 Å². The Morgan fingerprint density at radius 3 is 1.81 bits per heavy atom.